The molecule has 0 amide bonds. The second-order valence-electron chi connectivity index (χ2n) is 10.9. The summed E-state index contributed by atoms with van der Waals surface area (Å²) in [6, 6.07) is 45.7. The standard InChI is InChI=1S/C41H30O9/c42-39(47-35-21-17-29(18-22-35)25-31-9-7-15-37(27-31)49-40(43)45-33-11-3-1-4-12-33)48-36-23-19-30(20-24-36)26-32-10-8-16-38(28-32)50-41(44)46-34-13-5-2-6-14-34/h1-24,27-28H,25-26H2. The van der Waals surface area contributed by atoms with Crippen LogP contribution >= 0.6 is 0 Å². The highest BCUT2D eigenvalue weighted by atomic mass is 16.7. The van der Waals surface area contributed by atoms with Gasteiger partial charge in [-0.1, -0.05) is 84.9 Å². The van der Waals surface area contributed by atoms with Crippen LogP contribution in [0.25, 0.3) is 0 Å². The lowest BCUT2D eigenvalue weighted by molar-refractivity contribution is 0.150. The van der Waals surface area contributed by atoms with E-state index in [1.807, 2.05) is 48.5 Å². The van der Waals surface area contributed by atoms with Crippen LogP contribution in [0.1, 0.15) is 22.3 Å². The fourth-order valence-electron chi connectivity index (χ4n) is 4.88. The zero-order valence-electron chi connectivity index (χ0n) is 26.6. The molecule has 0 spiro atoms. The van der Waals surface area contributed by atoms with E-state index in [1.54, 1.807) is 109 Å². The van der Waals surface area contributed by atoms with Crippen molar-refractivity contribution in [1.82, 2.24) is 0 Å². The number of para-hydroxylation sites is 2. The van der Waals surface area contributed by atoms with Gasteiger partial charge in [-0.2, -0.15) is 0 Å². The van der Waals surface area contributed by atoms with Crippen LogP contribution in [0.15, 0.2) is 158 Å². The first-order valence-corrected chi connectivity index (χ1v) is 15.6. The number of benzene rings is 6. The van der Waals surface area contributed by atoms with Crippen LogP contribution in [0.3, 0.4) is 0 Å². The lowest BCUT2D eigenvalue weighted by Crippen LogP contribution is -2.14. The van der Waals surface area contributed by atoms with Crippen molar-refractivity contribution in [3.05, 3.63) is 180 Å². The summed E-state index contributed by atoms with van der Waals surface area (Å²) in [7, 11) is 0. The molecule has 0 aliphatic heterocycles. The molecular weight excluding hydrogens is 636 g/mol. The third kappa shape index (κ3) is 10.1. The Morgan fingerprint density at radius 2 is 0.600 bits per heavy atom. The SMILES string of the molecule is O=C(Oc1ccc(Cc2cccc(OC(=O)Oc3ccccc3)c2)cc1)Oc1ccc(Cc2cccc(OC(=O)Oc3ccccc3)c2)cc1. The molecule has 0 saturated heterocycles. The van der Waals surface area contributed by atoms with Crippen LogP contribution in [0.4, 0.5) is 14.4 Å². The largest absolute Gasteiger partial charge is 0.519 e. The Morgan fingerprint density at radius 3 is 0.960 bits per heavy atom. The molecule has 6 rings (SSSR count). The molecule has 0 saturated carbocycles. The number of rotatable bonds is 10. The van der Waals surface area contributed by atoms with Crippen molar-refractivity contribution in [2.45, 2.75) is 12.8 Å². The molecule has 6 aromatic carbocycles. The lowest BCUT2D eigenvalue weighted by atomic mass is 10.0. The molecule has 0 bridgehead atoms. The molecule has 0 atom stereocenters. The maximum absolute atomic E-state index is 12.5. The second kappa shape index (κ2) is 16.3. The van der Waals surface area contributed by atoms with Gasteiger partial charge in [0.25, 0.3) is 0 Å². The third-order valence-electron chi connectivity index (χ3n) is 7.15. The third-order valence-corrected chi connectivity index (χ3v) is 7.15. The maximum Gasteiger partial charge on any atom is 0.519 e. The zero-order chi connectivity index (χ0) is 34.5. The molecule has 0 aromatic heterocycles. The molecule has 6 aromatic rings. The second-order valence-corrected chi connectivity index (χ2v) is 10.9. The van der Waals surface area contributed by atoms with E-state index in [2.05, 4.69) is 0 Å². The fraction of sp³-hybridized carbons (Fsp3) is 0.0488. The molecule has 9 nitrogen and oxygen atoms in total. The number of carbonyl (C=O) groups is 3. The van der Waals surface area contributed by atoms with Crippen LogP contribution in [0, 0.1) is 0 Å². The smallest absolute Gasteiger partial charge is 0.395 e. The van der Waals surface area contributed by atoms with Crippen LogP contribution in [-0.4, -0.2) is 18.5 Å². The van der Waals surface area contributed by atoms with Crippen molar-refractivity contribution in [1.29, 1.82) is 0 Å². The van der Waals surface area contributed by atoms with E-state index in [0.717, 1.165) is 22.3 Å². The van der Waals surface area contributed by atoms with Gasteiger partial charge in [-0.3, -0.25) is 0 Å². The Labute approximate surface area is 288 Å². The molecule has 0 aliphatic rings. The molecule has 0 radical (unpaired) electrons. The highest BCUT2D eigenvalue weighted by Gasteiger charge is 2.12. The summed E-state index contributed by atoms with van der Waals surface area (Å²) in [5.74, 6) is 2.16. The summed E-state index contributed by atoms with van der Waals surface area (Å²) in [6.07, 6.45) is -1.41. The minimum absolute atomic E-state index is 0.325. The van der Waals surface area contributed by atoms with E-state index >= 15 is 0 Å². The minimum Gasteiger partial charge on any atom is -0.395 e. The first-order chi connectivity index (χ1) is 24.4. The lowest BCUT2D eigenvalue weighted by Gasteiger charge is -2.09. The average Bonchev–Trinajstić information content (AvgIpc) is 3.11. The van der Waals surface area contributed by atoms with Gasteiger partial charge < -0.3 is 28.4 Å². The van der Waals surface area contributed by atoms with Gasteiger partial charge in [0, 0.05) is 0 Å². The summed E-state index contributed by atoms with van der Waals surface area (Å²) < 4.78 is 31.7. The Kier molecular flexibility index (Phi) is 10.8. The van der Waals surface area contributed by atoms with E-state index in [0.29, 0.717) is 47.3 Å². The topological polar surface area (TPSA) is 107 Å². The average molecular weight is 667 g/mol. The summed E-state index contributed by atoms with van der Waals surface area (Å²) in [5, 5.41) is 0. The number of carbonyl (C=O) groups excluding carboxylic acids is 3. The molecule has 0 unspecified atom stereocenters. The van der Waals surface area contributed by atoms with Crippen LogP contribution in [0.2, 0.25) is 0 Å². The highest BCUT2D eigenvalue weighted by molar-refractivity contribution is 5.68. The monoisotopic (exact) mass is 666 g/mol. The summed E-state index contributed by atoms with van der Waals surface area (Å²) >= 11 is 0. The van der Waals surface area contributed by atoms with Gasteiger partial charge >= 0.3 is 18.5 Å². The molecule has 0 heterocycles. The normalized spacial score (nSPS) is 10.4. The van der Waals surface area contributed by atoms with Gasteiger partial charge in [0.05, 0.1) is 0 Å². The van der Waals surface area contributed by atoms with Crippen molar-refractivity contribution in [3.63, 3.8) is 0 Å². The van der Waals surface area contributed by atoms with Crippen LogP contribution in [0.5, 0.6) is 34.5 Å². The maximum atomic E-state index is 12.5. The Morgan fingerprint density at radius 1 is 0.300 bits per heavy atom. The predicted molar refractivity (Wildman–Crippen MR) is 184 cm³/mol. The van der Waals surface area contributed by atoms with Gasteiger partial charge in [-0.05, 0) is 108 Å². The van der Waals surface area contributed by atoms with E-state index < -0.39 is 18.5 Å². The van der Waals surface area contributed by atoms with Crippen LogP contribution in [-0.2, 0) is 12.8 Å². The Bertz CT molecular complexity index is 1890. The Hall–Kier alpha value is -6.87. The van der Waals surface area contributed by atoms with Crippen molar-refractivity contribution in [3.8, 4) is 34.5 Å². The minimum atomic E-state index is -0.870. The number of ether oxygens (including phenoxy) is 6. The zero-order valence-corrected chi connectivity index (χ0v) is 26.6. The molecule has 0 fully saturated rings. The van der Waals surface area contributed by atoms with Gasteiger partial charge in [0.15, 0.2) is 0 Å². The molecule has 50 heavy (non-hydrogen) atoms. The molecule has 9 heteroatoms. The first-order valence-electron chi connectivity index (χ1n) is 15.6. The molecule has 0 aliphatic carbocycles. The van der Waals surface area contributed by atoms with Crippen molar-refractivity contribution in [2.75, 3.05) is 0 Å². The van der Waals surface area contributed by atoms with Crippen molar-refractivity contribution in [2.24, 2.45) is 0 Å². The fourth-order valence-corrected chi connectivity index (χ4v) is 4.88. The van der Waals surface area contributed by atoms with Gasteiger partial charge in [0.1, 0.15) is 34.5 Å². The first kappa shape index (κ1) is 33.0. The van der Waals surface area contributed by atoms with E-state index in [1.165, 1.54) is 0 Å². The Balaban J connectivity index is 0.956. The summed E-state index contributed by atoms with van der Waals surface area (Å²) in [6.45, 7) is 0. The van der Waals surface area contributed by atoms with Gasteiger partial charge in [-0.25, -0.2) is 14.4 Å². The number of hydrogen-bond acceptors (Lipinski definition) is 9. The molecule has 0 N–H and O–H groups in total. The van der Waals surface area contributed by atoms with Crippen molar-refractivity contribution < 1.29 is 42.8 Å². The van der Waals surface area contributed by atoms with E-state index in [-0.39, 0.29) is 0 Å². The molecular formula is C41H30O9. The predicted octanol–water partition coefficient (Wildman–Crippen LogP) is 9.60. The van der Waals surface area contributed by atoms with Gasteiger partial charge in [0.2, 0.25) is 0 Å². The van der Waals surface area contributed by atoms with Crippen LogP contribution < -0.4 is 28.4 Å². The highest BCUT2D eigenvalue weighted by Crippen LogP contribution is 2.23. The summed E-state index contributed by atoms with van der Waals surface area (Å²) in [4.78, 5) is 36.8. The van der Waals surface area contributed by atoms with E-state index in [4.69, 9.17) is 28.4 Å². The quantitative estimate of drug-likeness (QED) is 0.104. The van der Waals surface area contributed by atoms with Gasteiger partial charge in [-0.15, -0.1) is 0 Å². The number of hydrogen-bond donors (Lipinski definition) is 0. The molecule has 248 valence electrons. The summed E-state index contributed by atoms with van der Waals surface area (Å²) in [5.41, 5.74) is 3.73. The van der Waals surface area contributed by atoms with Crippen molar-refractivity contribution >= 4 is 18.5 Å². The van der Waals surface area contributed by atoms with E-state index in [9.17, 15) is 14.4 Å².